The van der Waals surface area contributed by atoms with Gasteiger partial charge in [0.2, 0.25) is 11.6 Å². The number of nitrogens with zero attached hydrogens (tertiary/aromatic N) is 3. The Morgan fingerprint density at radius 1 is 1.00 bits per heavy atom. The van der Waals surface area contributed by atoms with Crippen molar-refractivity contribution in [1.82, 2.24) is 9.97 Å². The van der Waals surface area contributed by atoms with E-state index in [1.54, 1.807) is 36.4 Å². The van der Waals surface area contributed by atoms with Crippen molar-refractivity contribution < 1.29 is 14.5 Å². The average Bonchev–Trinajstić information content (AvgIpc) is 2.77. The molecular weight excluding hydrogens is 400 g/mol. The van der Waals surface area contributed by atoms with E-state index in [4.69, 9.17) is 4.74 Å². The quantitative estimate of drug-likeness (QED) is 0.261. The van der Waals surface area contributed by atoms with Crippen molar-refractivity contribution in [2.45, 2.75) is 13.8 Å². The van der Waals surface area contributed by atoms with Gasteiger partial charge in [-0.25, -0.2) is 14.8 Å². The SMILES string of the molecule is CC(C)COC(=O)c1ccc(Nc2ncnc(NNc3ccccc3)c2[N+](=O)[O-])cc1. The highest BCUT2D eigenvalue weighted by Crippen LogP contribution is 2.31. The summed E-state index contributed by atoms with van der Waals surface area (Å²) in [6.45, 7) is 4.24. The Morgan fingerprint density at radius 2 is 1.68 bits per heavy atom. The lowest BCUT2D eigenvalue weighted by molar-refractivity contribution is -0.383. The maximum atomic E-state index is 12.0. The first-order valence-corrected chi connectivity index (χ1v) is 9.54. The van der Waals surface area contributed by atoms with Crippen molar-refractivity contribution in [3.05, 3.63) is 76.6 Å². The fraction of sp³-hybridized carbons (Fsp3) is 0.190. The van der Waals surface area contributed by atoms with Crippen LogP contribution < -0.4 is 16.2 Å². The second-order valence-electron chi connectivity index (χ2n) is 6.99. The third-order valence-electron chi connectivity index (χ3n) is 4.03. The van der Waals surface area contributed by atoms with Crippen LogP contribution in [0, 0.1) is 16.0 Å². The maximum Gasteiger partial charge on any atom is 0.355 e. The second-order valence-corrected chi connectivity index (χ2v) is 6.99. The Labute approximate surface area is 178 Å². The lowest BCUT2D eigenvalue weighted by Crippen LogP contribution is -2.13. The van der Waals surface area contributed by atoms with Crippen LogP contribution in [0.3, 0.4) is 0 Å². The molecule has 3 rings (SSSR count). The van der Waals surface area contributed by atoms with Crippen LogP contribution in [-0.4, -0.2) is 27.5 Å². The summed E-state index contributed by atoms with van der Waals surface area (Å²) >= 11 is 0. The number of hydrogen-bond donors (Lipinski definition) is 3. The van der Waals surface area contributed by atoms with E-state index in [1.165, 1.54) is 6.33 Å². The van der Waals surface area contributed by atoms with E-state index in [-0.39, 0.29) is 23.2 Å². The van der Waals surface area contributed by atoms with Crippen molar-refractivity contribution in [2.75, 3.05) is 22.8 Å². The highest BCUT2D eigenvalue weighted by molar-refractivity contribution is 5.90. The van der Waals surface area contributed by atoms with Gasteiger partial charge in [-0.15, -0.1) is 0 Å². The Balaban J connectivity index is 1.75. The number of benzene rings is 2. The lowest BCUT2D eigenvalue weighted by Gasteiger charge is -2.12. The third-order valence-corrected chi connectivity index (χ3v) is 4.03. The largest absolute Gasteiger partial charge is 0.462 e. The molecule has 160 valence electrons. The molecule has 0 saturated heterocycles. The average molecular weight is 422 g/mol. The number of hydrazine groups is 1. The molecule has 0 bridgehead atoms. The first-order valence-electron chi connectivity index (χ1n) is 9.54. The molecule has 0 amide bonds. The minimum absolute atomic E-state index is 0.000219. The van der Waals surface area contributed by atoms with Crippen LogP contribution in [0.5, 0.6) is 0 Å². The van der Waals surface area contributed by atoms with E-state index in [2.05, 4.69) is 26.1 Å². The molecule has 0 atom stereocenters. The zero-order chi connectivity index (χ0) is 22.2. The number of nitro groups is 1. The summed E-state index contributed by atoms with van der Waals surface area (Å²) in [4.78, 5) is 31.1. The van der Waals surface area contributed by atoms with Gasteiger partial charge in [0.05, 0.1) is 22.8 Å². The van der Waals surface area contributed by atoms with E-state index >= 15 is 0 Å². The number of anilines is 4. The van der Waals surface area contributed by atoms with Crippen molar-refractivity contribution in [3.8, 4) is 0 Å². The molecule has 2 aromatic carbocycles. The van der Waals surface area contributed by atoms with Crippen LogP contribution in [0.25, 0.3) is 0 Å². The molecule has 0 fully saturated rings. The first-order chi connectivity index (χ1) is 14.9. The van der Waals surface area contributed by atoms with Crippen LogP contribution >= 0.6 is 0 Å². The first kappa shape index (κ1) is 21.5. The van der Waals surface area contributed by atoms with Gasteiger partial charge >= 0.3 is 11.7 Å². The summed E-state index contributed by atoms with van der Waals surface area (Å²) < 4.78 is 5.19. The van der Waals surface area contributed by atoms with Crippen LogP contribution in [0.1, 0.15) is 24.2 Å². The molecule has 0 aliphatic heterocycles. The zero-order valence-corrected chi connectivity index (χ0v) is 17.0. The molecule has 3 N–H and O–H groups in total. The van der Waals surface area contributed by atoms with Gasteiger partial charge in [0, 0.05) is 5.69 Å². The molecule has 10 nitrogen and oxygen atoms in total. The molecule has 31 heavy (non-hydrogen) atoms. The Morgan fingerprint density at radius 3 is 2.32 bits per heavy atom. The Hall–Kier alpha value is -4.21. The van der Waals surface area contributed by atoms with Gasteiger partial charge in [-0.3, -0.25) is 21.0 Å². The van der Waals surface area contributed by atoms with E-state index in [9.17, 15) is 14.9 Å². The van der Waals surface area contributed by atoms with Crippen LogP contribution in [0.2, 0.25) is 0 Å². The number of aromatic nitrogens is 2. The van der Waals surface area contributed by atoms with Crippen molar-refractivity contribution >= 4 is 34.7 Å². The number of rotatable bonds is 9. The highest BCUT2D eigenvalue weighted by atomic mass is 16.6. The minimum atomic E-state index is -0.574. The van der Waals surface area contributed by atoms with Gasteiger partial charge in [0.15, 0.2) is 0 Å². The fourth-order valence-corrected chi connectivity index (χ4v) is 2.54. The molecule has 0 unspecified atom stereocenters. The Bertz CT molecular complexity index is 1040. The molecule has 0 spiro atoms. The number of carbonyl (C=O) groups excluding carboxylic acids is 1. The number of esters is 1. The summed E-state index contributed by atoms with van der Waals surface area (Å²) in [5.74, 6) is -0.179. The molecule has 3 aromatic rings. The predicted molar refractivity (Wildman–Crippen MR) is 117 cm³/mol. The minimum Gasteiger partial charge on any atom is -0.462 e. The monoisotopic (exact) mass is 422 g/mol. The molecule has 1 heterocycles. The van der Waals surface area contributed by atoms with Crippen LogP contribution in [-0.2, 0) is 4.74 Å². The van der Waals surface area contributed by atoms with Crippen LogP contribution in [0.4, 0.5) is 28.7 Å². The molecule has 0 aliphatic rings. The lowest BCUT2D eigenvalue weighted by atomic mass is 10.2. The highest BCUT2D eigenvalue weighted by Gasteiger charge is 2.23. The molecule has 0 radical (unpaired) electrons. The zero-order valence-electron chi connectivity index (χ0n) is 17.0. The topological polar surface area (TPSA) is 131 Å². The van der Waals surface area contributed by atoms with Gasteiger partial charge in [-0.2, -0.15) is 0 Å². The van der Waals surface area contributed by atoms with Crippen molar-refractivity contribution in [2.24, 2.45) is 5.92 Å². The van der Waals surface area contributed by atoms with Gasteiger partial charge in [-0.1, -0.05) is 32.0 Å². The van der Waals surface area contributed by atoms with Crippen LogP contribution in [0.15, 0.2) is 60.9 Å². The molecule has 0 aliphatic carbocycles. The molecule has 10 heteroatoms. The molecule has 1 aromatic heterocycles. The van der Waals surface area contributed by atoms with E-state index in [0.29, 0.717) is 23.5 Å². The number of nitrogens with one attached hydrogen (secondary N) is 3. The smallest absolute Gasteiger partial charge is 0.355 e. The van der Waals surface area contributed by atoms with Gasteiger partial charge in [0.25, 0.3) is 0 Å². The van der Waals surface area contributed by atoms with Gasteiger partial charge in [-0.05, 0) is 42.3 Å². The second kappa shape index (κ2) is 10.0. The summed E-state index contributed by atoms with van der Waals surface area (Å²) in [5.41, 5.74) is 6.89. The van der Waals surface area contributed by atoms with Gasteiger partial charge < -0.3 is 10.1 Å². The summed E-state index contributed by atoms with van der Waals surface area (Å²) in [7, 11) is 0. The fourth-order valence-electron chi connectivity index (χ4n) is 2.54. The van der Waals surface area contributed by atoms with Gasteiger partial charge in [0.1, 0.15) is 6.33 Å². The number of ether oxygens (including phenoxy) is 1. The molecule has 0 saturated carbocycles. The Kier molecular flexibility index (Phi) is 6.94. The number of hydrogen-bond acceptors (Lipinski definition) is 9. The summed E-state index contributed by atoms with van der Waals surface area (Å²) in [6.07, 6.45) is 1.21. The van der Waals surface area contributed by atoms with E-state index in [1.807, 2.05) is 32.0 Å². The van der Waals surface area contributed by atoms with E-state index < -0.39 is 10.9 Å². The normalized spacial score (nSPS) is 10.4. The standard InChI is InChI=1S/C21H22N6O4/c1-14(2)12-31-21(28)15-8-10-16(11-9-15)24-19-18(27(29)30)20(23-13-22-19)26-25-17-6-4-3-5-7-17/h3-11,13-14,25H,12H2,1-2H3,(H2,22,23,24,26). The van der Waals surface area contributed by atoms with Crippen molar-refractivity contribution in [3.63, 3.8) is 0 Å². The third kappa shape index (κ3) is 5.89. The van der Waals surface area contributed by atoms with E-state index in [0.717, 1.165) is 0 Å². The number of carbonyl (C=O) groups is 1. The molecular formula is C21H22N6O4. The summed E-state index contributed by atoms with van der Waals surface area (Å²) in [6, 6.07) is 15.5. The number of para-hydroxylation sites is 1. The summed E-state index contributed by atoms with van der Waals surface area (Å²) in [5, 5.41) is 14.6. The van der Waals surface area contributed by atoms with Crippen molar-refractivity contribution in [1.29, 1.82) is 0 Å². The predicted octanol–water partition coefficient (Wildman–Crippen LogP) is 4.38. The maximum absolute atomic E-state index is 12.0.